The van der Waals surface area contributed by atoms with Crippen LogP contribution in [0.15, 0.2) is 48.5 Å². The van der Waals surface area contributed by atoms with E-state index < -0.39 is 0 Å². The maximum absolute atomic E-state index is 12.0. The van der Waals surface area contributed by atoms with Crippen LogP contribution in [0.2, 0.25) is 0 Å². The van der Waals surface area contributed by atoms with E-state index in [4.69, 9.17) is 9.47 Å². The summed E-state index contributed by atoms with van der Waals surface area (Å²) in [5.74, 6) is 1.35. The highest BCUT2D eigenvalue weighted by Crippen LogP contribution is 2.25. The first kappa shape index (κ1) is 18.8. The number of ether oxygens (including phenoxy) is 2. The highest BCUT2D eigenvalue weighted by Gasteiger charge is 2.07. The van der Waals surface area contributed by atoms with Crippen molar-refractivity contribution in [2.75, 3.05) is 33.9 Å². The van der Waals surface area contributed by atoms with Gasteiger partial charge in [-0.1, -0.05) is 42.0 Å². The SMILES string of the molecule is COc1ccccc1OCCNC(=O)CN(C)Cc1ccc(C)cc1. The first-order valence-corrected chi connectivity index (χ1v) is 8.35. The second-order valence-electron chi connectivity index (χ2n) is 6.01. The summed E-state index contributed by atoms with van der Waals surface area (Å²) in [6.45, 7) is 4.00. The molecule has 2 aromatic carbocycles. The molecule has 25 heavy (non-hydrogen) atoms. The summed E-state index contributed by atoms with van der Waals surface area (Å²) in [5.41, 5.74) is 2.43. The minimum absolute atomic E-state index is 0.0155. The molecule has 0 atom stereocenters. The topological polar surface area (TPSA) is 50.8 Å². The van der Waals surface area contributed by atoms with Crippen LogP contribution in [0.4, 0.5) is 0 Å². The van der Waals surface area contributed by atoms with Gasteiger partial charge in [0.15, 0.2) is 11.5 Å². The average molecular weight is 342 g/mol. The predicted molar refractivity (Wildman–Crippen MR) is 99.0 cm³/mol. The number of rotatable bonds is 9. The molecule has 0 aliphatic carbocycles. The highest BCUT2D eigenvalue weighted by molar-refractivity contribution is 5.77. The maximum Gasteiger partial charge on any atom is 0.234 e. The molecule has 0 aliphatic heterocycles. The van der Waals surface area contributed by atoms with Crippen LogP contribution in [0, 0.1) is 6.92 Å². The summed E-state index contributed by atoms with van der Waals surface area (Å²) in [6, 6.07) is 15.8. The first-order valence-electron chi connectivity index (χ1n) is 8.35. The number of para-hydroxylation sites is 2. The number of benzene rings is 2. The molecule has 0 aromatic heterocycles. The molecule has 5 nitrogen and oxygen atoms in total. The summed E-state index contributed by atoms with van der Waals surface area (Å²) in [6.07, 6.45) is 0. The van der Waals surface area contributed by atoms with Crippen molar-refractivity contribution in [1.82, 2.24) is 10.2 Å². The first-order chi connectivity index (χ1) is 12.1. The monoisotopic (exact) mass is 342 g/mol. The van der Waals surface area contributed by atoms with Gasteiger partial charge in [0, 0.05) is 6.54 Å². The van der Waals surface area contributed by atoms with Gasteiger partial charge >= 0.3 is 0 Å². The number of hydrogen-bond acceptors (Lipinski definition) is 4. The zero-order valence-corrected chi connectivity index (χ0v) is 15.1. The van der Waals surface area contributed by atoms with E-state index in [9.17, 15) is 4.79 Å². The van der Waals surface area contributed by atoms with Gasteiger partial charge in [-0.2, -0.15) is 0 Å². The Bertz CT molecular complexity index is 671. The average Bonchev–Trinajstić information content (AvgIpc) is 2.61. The van der Waals surface area contributed by atoms with Gasteiger partial charge in [0.2, 0.25) is 5.91 Å². The number of methoxy groups -OCH3 is 1. The van der Waals surface area contributed by atoms with Gasteiger partial charge in [-0.15, -0.1) is 0 Å². The van der Waals surface area contributed by atoms with E-state index in [1.807, 2.05) is 36.2 Å². The molecule has 0 spiro atoms. The smallest absolute Gasteiger partial charge is 0.234 e. The third-order valence-electron chi connectivity index (χ3n) is 3.74. The summed E-state index contributed by atoms with van der Waals surface area (Å²) in [7, 11) is 3.54. The van der Waals surface area contributed by atoms with Crippen molar-refractivity contribution < 1.29 is 14.3 Å². The number of nitrogens with one attached hydrogen (secondary N) is 1. The number of hydrogen-bond donors (Lipinski definition) is 1. The molecule has 1 N–H and O–H groups in total. The van der Waals surface area contributed by atoms with E-state index in [0.29, 0.717) is 31.2 Å². The fraction of sp³-hybridized carbons (Fsp3) is 0.350. The molecular weight excluding hydrogens is 316 g/mol. The van der Waals surface area contributed by atoms with Gasteiger partial charge in [0.25, 0.3) is 0 Å². The van der Waals surface area contributed by atoms with E-state index in [0.717, 1.165) is 6.54 Å². The third kappa shape index (κ3) is 6.47. The Balaban J connectivity index is 1.67. The van der Waals surface area contributed by atoms with Crippen LogP contribution in [0.5, 0.6) is 11.5 Å². The number of aryl methyl sites for hydroxylation is 1. The summed E-state index contributed by atoms with van der Waals surface area (Å²) in [4.78, 5) is 14.0. The number of likely N-dealkylation sites (N-methyl/N-ethyl adjacent to an activating group) is 1. The van der Waals surface area contributed by atoms with E-state index in [1.165, 1.54) is 11.1 Å². The standard InChI is InChI=1S/C20H26N2O3/c1-16-8-10-17(11-9-16)14-22(2)15-20(23)21-12-13-25-19-7-5-4-6-18(19)24-3/h4-11H,12-15H2,1-3H3,(H,21,23). The van der Waals surface area contributed by atoms with Gasteiger partial charge in [0.1, 0.15) is 6.61 Å². The Hall–Kier alpha value is -2.53. The highest BCUT2D eigenvalue weighted by atomic mass is 16.5. The van der Waals surface area contributed by atoms with Crippen LogP contribution in [-0.4, -0.2) is 44.7 Å². The third-order valence-corrected chi connectivity index (χ3v) is 3.74. The summed E-state index contributed by atoms with van der Waals surface area (Å²) < 4.78 is 10.9. The van der Waals surface area contributed by atoms with Crippen LogP contribution >= 0.6 is 0 Å². The molecule has 0 fully saturated rings. The van der Waals surface area contributed by atoms with Crippen molar-refractivity contribution in [2.45, 2.75) is 13.5 Å². The second kappa shape index (κ2) is 9.69. The van der Waals surface area contributed by atoms with Gasteiger partial charge in [0.05, 0.1) is 20.2 Å². The fourth-order valence-corrected chi connectivity index (χ4v) is 2.45. The van der Waals surface area contributed by atoms with Crippen LogP contribution in [-0.2, 0) is 11.3 Å². The molecule has 5 heteroatoms. The molecule has 1 amide bonds. The fourth-order valence-electron chi connectivity index (χ4n) is 2.45. The molecule has 0 heterocycles. The molecule has 0 bridgehead atoms. The zero-order chi connectivity index (χ0) is 18.1. The molecule has 134 valence electrons. The number of carbonyl (C=O) groups is 1. The predicted octanol–water partition coefficient (Wildman–Crippen LogP) is 2.63. The van der Waals surface area contributed by atoms with Crippen molar-refractivity contribution in [2.24, 2.45) is 0 Å². The summed E-state index contributed by atoms with van der Waals surface area (Å²) >= 11 is 0. The van der Waals surface area contributed by atoms with Crippen LogP contribution in [0.3, 0.4) is 0 Å². The number of nitrogens with zero attached hydrogens (tertiary/aromatic N) is 1. The molecule has 0 radical (unpaired) electrons. The Morgan fingerprint density at radius 2 is 1.76 bits per heavy atom. The maximum atomic E-state index is 12.0. The molecule has 0 aliphatic rings. The van der Waals surface area contributed by atoms with Crippen LogP contribution in [0.1, 0.15) is 11.1 Å². The van der Waals surface area contributed by atoms with Crippen LogP contribution < -0.4 is 14.8 Å². The largest absolute Gasteiger partial charge is 0.493 e. The van der Waals surface area contributed by atoms with Crippen molar-refractivity contribution in [1.29, 1.82) is 0 Å². The second-order valence-corrected chi connectivity index (χ2v) is 6.01. The van der Waals surface area contributed by atoms with Crippen molar-refractivity contribution >= 4 is 5.91 Å². The lowest BCUT2D eigenvalue weighted by Crippen LogP contribution is -2.36. The molecule has 2 rings (SSSR count). The minimum Gasteiger partial charge on any atom is -0.493 e. The van der Waals surface area contributed by atoms with Crippen molar-refractivity contribution in [3.05, 3.63) is 59.7 Å². The zero-order valence-electron chi connectivity index (χ0n) is 15.1. The number of carbonyl (C=O) groups excluding carboxylic acids is 1. The number of amides is 1. The Kier molecular flexibility index (Phi) is 7.29. The molecule has 2 aromatic rings. The lowest BCUT2D eigenvalue weighted by Gasteiger charge is -2.17. The van der Waals surface area contributed by atoms with Crippen LogP contribution in [0.25, 0.3) is 0 Å². The van der Waals surface area contributed by atoms with Gasteiger partial charge in [-0.25, -0.2) is 0 Å². The Morgan fingerprint density at radius 3 is 2.44 bits per heavy atom. The minimum atomic E-state index is -0.0155. The van der Waals surface area contributed by atoms with E-state index in [-0.39, 0.29) is 5.91 Å². The molecular formula is C20H26N2O3. The van der Waals surface area contributed by atoms with E-state index in [1.54, 1.807) is 7.11 Å². The van der Waals surface area contributed by atoms with E-state index in [2.05, 4.69) is 36.5 Å². The Morgan fingerprint density at radius 1 is 1.08 bits per heavy atom. The normalized spacial score (nSPS) is 10.6. The van der Waals surface area contributed by atoms with Gasteiger partial charge < -0.3 is 14.8 Å². The van der Waals surface area contributed by atoms with Crippen molar-refractivity contribution in [3.63, 3.8) is 0 Å². The quantitative estimate of drug-likeness (QED) is 0.712. The van der Waals surface area contributed by atoms with Gasteiger partial charge in [-0.05, 0) is 31.7 Å². The van der Waals surface area contributed by atoms with Crippen molar-refractivity contribution in [3.8, 4) is 11.5 Å². The van der Waals surface area contributed by atoms with Gasteiger partial charge in [-0.3, -0.25) is 9.69 Å². The molecule has 0 saturated heterocycles. The lowest BCUT2D eigenvalue weighted by atomic mass is 10.1. The lowest BCUT2D eigenvalue weighted by molar-refractivity contribution is -0.122. The molecule has 0 unspecified atom stereocenters. The molecule has 0 saturated carbocycles. The van der Waals surface area contributed by atoms with E-state index >= 15 is 0 Å². The Labute approximate surface area is 149 Å². The summed E-state index contributed by atoms with van der Waals surface area (Å²) in [5, 5.41) is 2.87.